The fraction of sp³-hybridized carbons (Fsp3) is 0.222. The maximum absolute atomic E-state index is 11.2. The molecule has 1 unspecified atom stereocenters. The second-order valence-electron chi connectivity index (χ2n) is 8.66. The number of carbonyl (C=O) groups excluding carboxylic acids is 1. The lowest BCUT2D eigenvalue weighted by Crippen LogP contribution is -2.12. The Balaban J connectivity index is 1.60. The second-order valence-corrected chi connectivity index (χ2v) is 8.66. The van der Waals surface area contributed by atoms with Crippen molar-refractivity contribution in [2.45, 2.75) is 38.5 Å². The van der Waals surface area contributed by atoms with Crippen LogP contribution in [-0.2, 0) is 4.79 Å². The molecule has 1 amide bonds. The Hall–Kier alpha value is -4.33. The largest absolute Gasteiger partial charge is 0.382 e. The van der Waals surface area contributed by atoms with Crippen molar-refractivity contribution in [1.29, 1.82) is 0 Å². The lowest BCUT2D eigenvalue weighted by molar-refractivity contribution is -0.118. The molecule has 3 aromatic heterocycles. The Morgan fingerprint density at radius 1 is 1.03 bits per heavy atom. The zero-order valence-corrected chi connectivity index (χ0v) is 19.6. The number of benzene rings is 2. The first-order valence-corrected chi connectivity index (χ1v) is 11.8. The number of aromatic nitrogens is 5. The summed E-state index contributed by atoms with van der Waals surface area (Å²) >= 11 is 0. The summed E-state index contributed by atoms with van der Waals surface area (Å²) in [5.41, 5.74) is 16.8. The third kappa shape index (κ3) is 4.42. The number of nitrogens with zero attached hydrogens (tertiary/aromatic N) is 5. The molecule has 0 saturated carbocycles. The number of imidazole rings is 1. The molecule has 0 aliphatic heterocycles. The molecule has 176 valence electrons. The quantitative estimate of drug-likeness (QED) is 0.341. The summed E-state index contributed by atoms with van der Waals surface area (Å²) in [6.07, 6.45) is 4.12. The van der Waals surface area contributed by atoms with Gasteiger partial charge in [0.1, 0.15) is 23.4 Å². The lowest BCUT2D eigenvalue weighted by Gasteiger charge is -2.12. The predicted molar refractivity (Wildman–Crippen MR) is 137 cm³/mol. The molecule has 0 spiro atoms. The highest BCUT2D eigenvalue weighted by atomic mass is 16.1. The molecule has 2 aromatic carbocycles. The lowest BCUT2D eigenvalue weighted by atomic mass is 9.98. The van der Waals surface area contributed by atoms with E-state index < -0.39 is 0 Å². The topological polar surface area (TPSA) is 125 Å². The van der Waals surface area contributed by atoms with Crippen LogP contribution in [0.25, 0.3) is 38.9 Å². The number of primary amides is 1. The minimum absolute atomic E-state index is 0.105. The van der Waals surface area contributed by atoms with Crippen LogP contribution in [-0.4, -0.2) is 30.5 Å². The van der Waals surface area contributed by atoms with Crippen molar-refractivity contribution < 1.29 is 4.79 Å². The third-order valence-electron chi connectivity index (χ3n) is 6.35. The van der Waals surface area contributed by atoms with E-state index in [0.29, 0.717) is 24.2 Å². The number of nitrogen functional groups attached to an aromatic ring is 1. The van der Waals surface area contributed by atoms with E-state index in [-0.39, 0.29) is 11.8 Å². The van der Waals surface area contributed by atoms with Crippen LogP contribution in [0.15, 0.2) is 67.0 Å². The number of amides is 1. The number of nitrogens with two attached hydrogens (primary N) is 2. The zero-order valence-electron chi connectivity index (χ0n) is 19.6. The molecule has 0 aliphatic carbocycles. The van der Waals surface area contributed by atoms with Crippen molar-refractivity contribution in [2.75, 3.05) is 5.73 Å². The minimum atomic E-state index is -0.293. The highest BCUT2D eigenvalue weighted by Gasteiger charge is 2.23. The van der Waals surface area contributed by atoms with E-state index in [1.165, 1.54) is 6.33 Å². The Labute approximate surface area is 203 Å². The summed E-state index contributed by atoms with van der Waals surface area (Å²) in [5, 5.41) is 5.51. The standard InChI is InChI=1S/C27H27N7O/c1-2-17(9-6-10-23(28)35)27-33-24(25-26(29)30-16-31-34(25)27)20-12-11-19-13-14-21(32-22(19)15-20)18-7-4-3-5-8-18/h3-5,7-8,11-17H,2,6,9-10H2,1H3,(H2,28,35)(H2,29,30,31). The van der Waals surface area contributed by atoms with Crippen LogP contribution in [0.5, 0.6) is 0 Å². The van der Waals surface area contributed by atoms with Gasteiger partial charge in [-0.05, 0) is 31.4 Å². The molecule has 4 N–H and O–H groups in total. The van der Waals surface area contributed by atoms with Crippen LogP contribution in [0.2, 0.25) is 0 Å². The molecule has 0 saturated heterocycles. The van der Waals surface area contributed by atoms with Crippen molar-refractivity contribution in [3.05, 3.63) is 72.8 Å². The van der Waals surface area contributed by atoms with Crippen LogP contribution in [0, 0.1) is 0 Å². The smallest absolute Gasteiger partial charge is 0.217 e. The molecule has 5 rings (SSSR count). The molecule has 8 nitrogen and oxygen atoms in total. The first-order valence-electron chi connectivity index (χ1n) is 11.8. The van der Waals surface area contributed by atoms with E-state index >= 15 is 0 Å². The van der Waals surface area contributed by atoms with Gasteiger partial charge in [-0.2, -0.15) is 5.10 Å². The van der Waals surface area contributed by atoms with Gasteiger partial charge in [0.2, 0.25) is 5.91 Å². The molecule has 1 atom stereocenters. The van der Waals surface area contributed by atoms with Crippen molar-refractivity contribution in [3.63, 3.8) is 0 Å². The maximum Gasteiger partial charge on any atom is 0.217 e. The van der Waals surface area contributed by atoms with Gasteiger partial charge in [0.15, 0.2) is 5.82 Å². The average molecular weight is 466 g/mol. The molecule has 0 radical (unpaired) electrons. The summed E-state index contributed by atoms with van der Waals surface area (Å²) < 4.78 is 1.79. The fourth-order valence-corrected chi connectivity index (χ4v) is 4.52. The van der Waals surface area contributed by atoms with E-state index in [4.69, 9.17) is 21.4 Å². The van der Waals surface area contributed by atoms with E-state index in [1.807, 2.05) is 54.6 Å². The molecule has 35 heavy (non-hydrogen) atoms. The van der Waals surface area contributed by atoms with Gasteiger partial charge in [0.25, 0.3) is 0 Å². The normalized spacial score (nSPS) is 12.3. The summed E-state index contributed by atoms with van der Waals surface area (Å²) in [6, 6.07) is 20.3. The van der Waals surface area contributed by atoms with E-state index in [9.17, 15) is 4.79 Å². The minimum Gasteiger partial charge on any atom is -0.382 e. The molecular formula is C27H27N7O. The Bertz CT molecular complexity index is 1510. The highest BCUT2D eigenvalue weighted by Crippen LogP contribution is 2.34. The Morgan fingerprint density at radius 3 is 2.60 bits per heavy atom. The predicted octanol–water partition coefficient (Wildman–Crippen LogP) is 4.74. The number of anilines is 1. The van der Waals surface area contributed by atoms with Gasteiger partial charge in [-0.1, -0.05) is 55.5 Å². The summed E-state index contributed by atoms with van der Waals surface area (Å²) in [7, 11) is 0. The van der Waals surface area contributed by atoms with Crippen LogP contribution in [0.1, 0.15) is 44.3 Å². The van der Waals surface area contributed by atoms with Crippen LogP contribution < -0.4 is 11.5 Å². The first-order chi connectivity index (χ1) is 17.0. The van der Waals surface area contributed by atoms with Gasteiger partial charge < -0.3 is 11.5 Å². The second kappa shape index (κ2) is 9.50. The summed E-state index contributed by atoms with van der Waals surface area (Å²) in [5.74, 6) is 0.987. The van der Waals surface area contributed by atoms with Gasteiger partial charge in [0, 0.05) is 28.9 Å². The van der Waals surface area contributed by atoms with Crippen LogP contribution in [0.3, 0.4) is 0 Å². The Kier molecular flexibility index (Phi) is 6.10. The third-order valence-corrected chi connectivity index (χ3v) is 6.35. The van der Waals surface area contributed by atoms with E-state index in [0.717, 1.165) is 52.1 Å². The van der Waals surface area contributed by atoms with Gasteiger partial charge >= 0.3 is 0 Å². The van der Waals surface area contributed by atoms with Crippen LogP contribution >= 0.6 is 0 Å². The number of hydrogen-bond donors (Lipinski definition) is 2. The van der Waals surface area contributed by atoms with Crippen molar-refractivity contribution in [3.8, 4) is 22.5 Å². The zero-order chi connectivity index (χ0) is 24.4. The maximum atomic E-state index is 11.2. The number of hydrogen-bond acceptors (Lipinski definition) is 6. The fourth-order valence-electron chi connectivity index (χ4n) is 4.52. The molecule has 0 bridgehead atoms. The highest BCUT2D eigenvalue weighted by molar-refractivity contribution is 5.91. The molecule has 0 aliphatic rings. The first kappa shape index (κ1) is 22.5. The number of fused-ring (bicyclic) bond motifs is 2. The van der Waals surface area contributed by atoms with Crippen molar-refractivity contribution in [1.82, 2.24) is 24.6 Å². The van der Waals surface area contributed by atoms with Crippen LogP contribution in [0.4, 0.5) is 5.82 Å². The molecule has 8 heteroatoms. The van der Waals surface area contributed by atoms with Gasteiger partial charge in [-0.3, -0.25) is 4.79 Å². The number of rotatable bonds is 8. The molecular weight excluding hydrogens is 438 g/mol. The van der Waals surface area contributed by atoms with Crippen molar-refractivity contribution >= 4 is 28.1 Å². The molecule has 3 heterocycles. The Morgan fingerprint density at radius 2 is 1.83 bits per heavy atom. The van der Waals surface area contributed by atoms with E-state index in [2.05, 4.69) is 23.1 Å². The molecule has 5 aromatic rings. The summed E-state index contributed by atoms with van der Waals surface area (Å²) in [6.45, 7) is 2.10. The molecule has 0 fully saturated rings. The summed E-state index contributed by atoms with van der Waals surface area (Å²) in [4.78, 5) is 25.4. The monoisotopic (exact) mass is 465 g/mol. The van der Waals surface area contributed by atoms with Gasteiger partial charge in [-0.15, -0.1) is 0 Å². The van der Waals surface area contributed by atoms with Crippen molar-refractivity contribution in [2.24, 2.45) is 5.73 Å². The SMILES string of the molecule is CCC(CCCC(N)=O)c1nc(-c2ccc3ccc(-c4ccccc4)nc3c2)c2c(N)ncnn12. The van der Waals surface area contributed by atoms with E-state index in [1.54, 1.807) is 4.52 Å². The number of carbonyl (C=O) groups is 1. The number of pyridine rings is 1. The van der Waals surface area contributed by atoms with Gasteiger partial charge in [0.05, 0.1) is 11.2 Å². The average Bonchev–Trinajstić information content (AvgIpc) is 3.27. The van der Waals surface area contributed by atoms with Gasteiger partial charge in [-0.25, -0.2) is 19.5 Å².